The maximum absolute atomic E-state index is 13.8. The van der Waals surface area contributed by atoms with Crippen LogP contribution in [0, 0.1) is 5.82 Å². The highest BCUT2D eigenvalue weighted by Crippen LogP contribution is 2.31. The molecule has 0 amide bonds. The molecule has 1 atom stereocenters. The topological polar surface area (TPSA) is 29.3 Å². The Labute approximate surface area is 115 Å². The molecule has 2 aromatic rings. The van der Waals surface area contributed by atoms with Gasteiger partial charge in [-0.15, -0.1) is 11.3 Å². The summed E-state index contributed by atoms with van der Waals surface area (Å²) in [5.41, 5.74) is 6.34. The Kier molecular flexibility index (Phi) is 4.22. The van der Waals surface area contributed by atoms with Gasteiger partial charge in [0.15, 0.2) is 0 Å². The normalized spacial score (nSPS) is 12.4. The van der Waals surface area contributed by atoms with Gasteiger partial charge in [-0.3, -0.25) is 0 Å². The van der Waals surface area contributed by atoms with Crippen molar-refractivity contribution in [1.29, 1.82) is 0 Å². The van der Waals surface area contributed by atoms with Crippen LogP contribution in [-0.4, -0.2) is 13.6 Å². The first-order valence-electron chi connectivity index (χ1n) is 5.55. The zero-order chi connectivity index (χ0) is 13.1. The van der Waals surface area contributed by atoms with Crippen LogP contribution in [0.4, 0.5) is 10.1 Å². The highest BCUT2D eigenvalue weighted by atomic mass is 35.5. The van der Waals surface area contributed by atoms with E-state index in [1.54, 1.807) is 12.1 Å². The van der Waals surface area contributed by atoms with Gasteiger partial charge in [0, 0.05) is 23.8 Å². The zero-order valence-corrected chi connectivity index (χ0v) is 11.5. The molecule has 0 saturated carbocycles. The van der Waals surface area contributed by atoms with Crippen molar-refractivity contribution in [3.05, 3.63) is 51.4 Å². The van der Waals surface area contributed by atoms with Crippen LogP contribution in [0.15, 0.2) is 35.7 Å². The van der Waals surface area contributed by atoms with Crippen LogP contribution in [-0.2, 0) is 0 Å². The Bertz CT molecular complexity index is 529. The van der Waals surface area contributed by atoms with Gasteiger partial charge in [-0.25, -0.2) is 4.39 Å². The van der Waals surface area contributed by atoms with Crippen molar-refractivity contribution in [2.24, 2.45) is 5.73 Å². The Morgan fingerprint density at radius 1 is 1.44 bits per heavy atom. The Morgan fingerprint density at radius 3 is 2.72 bits per heavy atom. The van der Waals surface area contributed by atoms with Crippen LogP contribution in [0.25, 0.3) is 0 Å². The van der Waals surface area contributed by atoms with Gasteiger partial charge >= 0.3 is 0 Å². The molecule has 1 unspecified atom stereocenters. The minimum absolute atomic E-state index is 0.0700. The largest absolute Gasteiger partial charge is 0.363 e. The van der Waals surface area contributed by atoms with Gasteiger partial charge in [0.05, 0.1) is 16.8 Å². The second-order valence-electron chi connectivity index (χ2n) is 3.98. The predicted molar refractivity (Wildman–Crippen MR) is 75.9 cm³/mol. The zero-order valence-electron chi connectivity index (χ0n) is 9.94. The molecular weight excluding hydrogens is 271 g/mol. The van der Waals surface area contributed by atoms with Crippen LogP contribution in [0.2, 0.25) is 5.02 Å². The summed E-state index contributed by atoms with van der Waals surface area (Å²) in [7, 11) is 1.84. The number of rotatable bonds is 4. The average molecular weight is 285 g/mol. The average Bonchev–Trinajstić information content (AvgIpc) is 2.77. The molecule has 0 radical (unpaired) electrons. The first kappa shape index (κ1) is 13.3. The third-order valence-electron chi connectivity index (χ3n) is 2.84. The van der Waals surface area contributed by atoms with Crippen molar-refractivity contribution in [3.63, 3.8) is 0 Å². The molecule has 0 aliphatic carbocycles. The summed E-state index contributed by atoms with van der Waals surface area (Å²) in [6, 6.07) is 8.48. The smallest absolute Gasteiger partial charge is 0.146 e. The number of nitrogens with two attached hydrogens (primary N) is 1. The van der Waals surface area contributed by atoms with E-state index in [2.05, 4.69) is 0 Å². The molecule has 0 aliphatic heterocycles. The number of halogens is 2. The molecular formula is C13H14ClFN2S. The molecule has 18 heavy (non-hydrogen) atoms. The van der Waals surface area contributed by atoms with Gasteiger partial charge in [0.1, 0.15) is 5.82 Å². The standard InChI is InChI=1S/C13H14ClFN2S/c1-17(11-5-3-2-4-10(11)15)12(7-16)13-6-9(14)8-18-13/h2-6,8,12H,7,16H2,1H3. The molecule has 96 valence electrons. The molecule has 1 aromatic heterocycles. The summed E-state index contributed by atoms with van der Waals surface area (Å²) < 4.78 is 13.8. The van der Waals surface area contributed by atoms with Crippen molar-refractivity contribution >= 4 is 28.6 Å². The summed E-state index contributed by atoms with van der Waals surface area (Å²) in [6.45, 7) is 0.404. The van der Waals surface area contributed by atoms with Gasteiger partial charge in [-0.2, -0.15) is 0 Å². The van der Waals surface area contributed by atoms with Gasteiger partial charge in [-0.1, -0.05) is 23.7 Å². The highest BCUT2D eigenvalue weighted by molar-refractivity contribution is 7.10. The molecule has 2 rings (SSSR count). The molecule has 0 spiro atoms. The number of nitrogens with zero attached hydrogens (tertiary/aromatic N) is 1. The van der Waals surface area contributed by atoms with Crippen LogP contribution >= 0.6 is 22.9 Å². The number of anilines is 1. The lowest BCUT2D eigenvalue weighted by Gasteiger charge is -2.28. The van der Waals surface area contributed by atoms with Gasteiger partial charge < -0.3 is 10.6 Å². The van der Waals surface area contributed by atoms with Crippen molar-refractivity contribution in [2.75, 3.05) is 18.5 Å². The Morgan fingerprint density at radius 2 is 2.17 bits per heavy atom. The van der Waals surface area contributed by atoms with E-state index in [9.17, 15) is 4.39 Å². The SMILES string of the molecule is CN(c1ccccc1F)C(CN)c1cc(Cl)cs1. The van der Waals surface area contributed by atoms with Crippen molar-refractivity contribution in [2.45, 2.75) is 6.04 Å². The molecule has 5 heteroatoms. The van der Waals surface area contributed by atoms with Crippen LogP contribution in [0.1, 0.15) is 10.9 Å². The summed E-state index contributed by atoms with van der Waals surface area (Å²) in [5, 5.41) is 2.55. The van der Waals surface area contributed by atoms with E-state index < -0.39 is 0 Å². The minimum atomic E-state index is -0.249. The van der Waals surface area contributed by atoms with Crippen LogP contribution in [0.3, 0.4) is 0 Å². The molecule has 0 saturated heterocycles. The predicted octanol–water partition coefficient (Wildman–Crippen LogP) is 3.68. The van der Waals surface area contributed by atoms with Crippen molar-refractivity contribution < 1.29 is 4.39 Å². The fourth-order valence-corrected chi connectivity index (χ4v) is 3.11. The lowest BCUT2D eigenvalue weighted by atomic mass is 10.2. The second kappa shape index (κ2) is 5.69. The Hall–Kier alpha value is -1.10. The lowest BCUT2D eigenvalue weighted by Crippen LogP contribution is -2.30. The van der Waals surface area contributed by atoms with Crippen molar-refractivity contribution in [3.8, 4) is 0 Å². The second-order valence-corrected chi connectivity index (χ2v) is 5.36. The number of benzene rings is 1. The first-order valence-corrected chi connectivity index (χ1v) is 6.80. The summed E-state index contributed by atoms with van der Waals surface area (Å²) in [6.07, 6.45) is 0. The van der Waals surface area contributed by atoms with E-state index in [0.717, 1.165) is 4.88 Å². The molecule has 2 N–H and O–H groups in total. The molecule has 0 bridgehead atoms. The molecule has 2 nitrogen and oxygen atoms in total. The lowest BCUT2D eigenvalue weighted by molar-refractivity contribution is 0.606. The van der Waals surface area contributed by atoms with E-state index in [4.69, 9.17) is 17.3 Å². The molecule has 0 fully saturated rings. The Balaban J connectivity index is 2.31. The first-order chi connectivity index (χ1) is 8.63. The minimum Gasteiger partial charge on any atom is -0.363 e. The van der Waals surface area contributed by atoms with Gasteiger partial charge in [-0.05, 0) is 18.2 Å². The number of likely N-dealkylation sites (N-methyl/N-ethyl adjacent to an activating group) is 1. The van der Waals surface area contributed by atoms with Crippen molar-refractivity contribution in [1.82, 2.24) is 0 Å². The number of para-hydroxylation sites is 1. The van der Waals surface area contributed by atoms with Gasteiger partial charge in [0.2, 0.25) is 0 Å². The van der Waals surface area contributed by atoms with E-state index in [-0.39, 0.29) is 11.9 Å². The summed E-state index contributed by atoms with van der Waals surface area (Å²) >= 11 is 7.46. The highest BCUT2D eigenvalue weighted by Gasteiger charge is 2.19. The monoisotopic (exact) mass is 284 g/mol. The fraction of sp³-hybridized carbons (Fsp3) is 0.231. The van der Waals surface area contributed by atoms with E-state index in [0.29, 0.717) is 17.3 Å². The van der Waals surface area contributed by atoms with Gasteiger partial charge in [0.25, 0.3) is 0 Å². The fourth-order valence-electron chi connectivity index (χ4n) is 1.87. The number of hydrogen-bond donors (Lipinski definition) is 1. The molecule has 0 aliphatic rings. The third-order valence-corrected chi connectivity index (χ3v) is 4.22. The van der Waals surface area contributed by atoms with E-state index in [1.807, 2.05) is 29.5 Å². The maximum atomic E-state index is 13.8. The van der Waals surface area contributed by atoms with E-state index in [1.165, 1.54) is 17.4 Å². The molecule has 1 aromatic carbocycles. The molecule has 1 heterocycles. The summed E-state index contributed by atoms with van der Waals surface area (Å²) in [4.78, 5) is 2.88. The van der Waals surface area contributed by atoms with Crippen LogP contribution in [0.5, 0.6) is 0 Å². The quantitative estimate of drug-likeness (QED) is 0.928. The number of thiophene rings is 1. The van der Waals surface area contributed by atoms with Crippen LogP contribution < -0.4 is 10.6 Å². The van der Waals surface area contributed by atoms with E-state index >= 15 is 0 Å². The number of hydrogen-bond acceptors (Lipinski definition) is 3. The maximum Gasteiger partial charge on any atom is 0.146 e. The third kappa shape index (κ3) is 2.66. The summed E-state index contributed by atoms with van der Waals surface area (Å²) in [5.74, 6) is -0.249.